The lowest BCUT2D eigenvalue weighted by molar-refractivity contribution is 0.0274. The Kier molecular flexibility index (Phi) is 4.07. The molecule has 0 bridgehead atoms. The van der Waals surface area contributed by atoms with E-state index in [-0.39, 0.29) is 11.7 Å². The van der Waals surface area contributed by atoms with E-state index < -0.39 is 5.82 Å². The number of hydrogen-bond donors (Lipinski definition) is 0. The molecule has 1 saturated heterocycles. The molecule has 0 N–H and O–H groups in total. The highest BCUT2D eigenvalue weighted by Crippen LogP contribution is 2.24. The van der Waals surface area contributed by atoms with E-state index in [1.165, 1.54) is 6.07 Å². The molecule has 5 nitrogen and oxygen atoms in total. The van der Waals surface area contributed by atoms with Crippen LogP contribution in [-0.2, 0) is 11.3 Å². The maximum absolute atomic E-state index is 13.8. The molecule has 22 heavy (non-hydrogen) atoms. The van der Waals surface area contributed by atoms with Crippen molar-refractivity contribution >= 4 is 5.69 Å². The zero-order chi connectivity index (χ0) is 15.5. The van der Waals surface area contributed by atoms with Gasteiger partial charge in [-0.1, -0.05) is 6.07 Å². The van der Waals surface area contributed by atoms with Crippen LogP contribution in [0.4, 0.5) is 10.1 Å². The second-order valence-electron chi connectivity index (χ2n) is 5.42. The Morgan fingerprint density at radius 1 is 1.50 bits per heavy atom. The van der Waals surface area contributed by atoms with E-state index >= 15 is 0 Å². The maximum atomic E-state index is 13.8. The van der Waals surface area contributed by atoms with Crippen LogP contribution in [0, 0.1) is 24.1 Å². The summed E-state index contributed by atoms with van der Waals surface area (Å²) in [6.45, 7) is 4.43. The molecule has 0 amide bonds. The Hall–Kier alpha value is -2.39. The van der Waals surface area contributed by atoms with E-state index in [4.69, 9.17) is 4.74 Å². The van der Waals surface area contributed by atoms with Gasteiger partial charge < -0.3 is 9.64 Å². The summed E-state index contributed by atoms with van der Waals surface area (Å²) < 4.78 is 21.4. The number of hydrogen-bond acceptors (Lipinski definition) is 4. The number of rotatable bonds is 3. The molecule has 3 rings (SSSR count). The average molecular weight is 300 g/mol. The molecule has 0 radical (unpaired) electrons. The van der Waals surface area contributed by atoms with E-state index in [1.54, 1.807) is 18.3 Å². The van der Waals surface area contributed by atoms with Gasteiger partial charge in [0.15, 0.2) is 0 Å². The van der Waals surface area contributed by atoms with Crippen molar-refractivity contribution in [3.05, 3.63) is 47.5 Å². The number of aryl methyl sites for hydroxylation is 1. The number of anilines is 1. The molecule has 6 heteroatoms. The van der Waals surface area contributed by atoms with Crippen molar-refractivity contribution in [2.24, 2.45) is 0 Å². The third-order valence-corrected chi connectivity index (χ3v) is 3.74. The minimum Gasteiger partial charge on any atom is -0.373 e. The topological polar surface area (TPSA) is 54.1 Å². The molecule has 0 aliphatic carbocycles. The van der Waals surface area contributed by atoms with Gasteiger partial charge in [-0.3, -0.25) is 4.68 Å². The highest BCUT2D eigenvalue weighted by molar-refractivity contribution is 5.60. The lowest BCUT2D eigenvalue weighted by Crippen LogP contribution is -2.44. The number of halogens is 1. The van der Waals surface area contributed by atoms with Gasteiger partial charge >= 0.3 is 0 Å². The fourth-order valence-corrected chi connectivity index (χ4v) is 2.71. The largest absolute Gasteiger partial charge is 0.373 e. The summed E-state index contributed by atoms with van der Waals surface area (Å²) in [4.78, 5) is 2.01. The monoisotopic (exact) mass is 300 g/mol. The van der Waals surface area contributed by atoms with E-state index in [9.17, 15) is 9.65 Å². The van der Waals surface area contributed by atoms with Crippen LogP contribution in [0.3, 0.4) is 0 Å². The summed E-state index contributed by atoms with van der Waals surface area (Å²) in [6, 6.07) is 6.68. The Bertz CT molecular complexity index is 706. The Balaban J connectivity index is 1.76. The van der Waals surface area contributed by atoms with Crippen LogP contribution in [0.25, 0.3) is 0 Å². The van der Waals surface area contributed by atoms with Crippen molar-refractivity contribution in [2.75, 3.05) is 24.6 Å². The number of morpholine rings is 1. The van der Waals surface area contributed by atoms with Crippen molar-refractivity contribution < 1.29 is 9.13 Å². The summed E-state index contributed by atoms with van der Waals surface area (Å²) in [7, 11) is 0. The Morgan fingerprint density at radius 3 is 3.09 bits per heavy atom. The van der Waals surface area contributed by atoms with Crippen molar-refractivity contribution in [3.8, 4) is 6.07 Å². The van der Waals surface area contributed by atoms with Crippen LogP contribution in [0.5, 0.6) is 0 Å². The number of aromatic nitrogens is 2. The Labute approximate surface area is 128 Å². The van der Waals surface area contributed by atoms with Crippen LogP contribution >= 0.6 is 0 Å². The molecule has 2 aromatic rings. The number of benzene rings is 1. The molecule has 1 aliphatic rings. The number of ether oxygens (including phenoxy) is 1. The van der Waals surface area contributed by atoms with Crippen LogP contribution in [0.15, 0.2) is 30.6 Å². The quantitative estimate of drug-likeness (QED) is 0.871. The molecule has 114 valence electrons. The van der Waals surface area contributed by atoms with Crippen LogP contribution < -0.4 is 4.90 Å². The molecule has 0 saturated carbocycles. The van der Waals surface area contributed by atoms with E-state index in [0.717, 1.165) is 5.56 Å². The minimum atomic E-state index is -0.481. The zero-order valence-corrected chi connectivity index (χ0v) is 12.4. The SMILES string of the molecule is Cc1cnn(CC2CN(c3cccc(F)c3C#N)CCO2)c1. The van der Waals surface area contributed by atoms with E-state index in [0.29, 0.717) is 31.9 Å². The summed E-state index contributed by atoms with van der Waals surface area (Å²) in [5, 5.41) is 13.4. The minimum absolute atomic E-state index is 0.0390. The summed E-state index contributed by atoms with van der Waals surface area (Å²) >= 11 is 0. The van der Waals surface area contributed by atoms with Gasteiger partial charge in [0.05, 0.1) is 31.1 Å². The van der Waals surface area contributed by atoms with Crippen molar-refractivity contribution in [3.63, 3.8) is 0 Å². The normalized spacial score (nSPS) is 18.2. The van der Waals surface area contributed by atoms with Crippen molar-refractivity contribution in [2.45, 2.75) is 19.6 Å². The fourth-order valence-electron chi connectivity index (χ4n) is 2.71. The molecular formula is C16H17FN4O. The Morgan fingerprint density at radius 2 is 2.36 bits per heavy atom. The maximum Gasteiger partial charge on any atom is 0.143 e. The highest BCUT2D eigenvalue weighted by atomic mass is 19.1. The first kappa shape index (κ1) is 14.5. The molecule has 1 aliphatic heterocycles. The van der Waals surface area contributed by atoms with Gasteiger partial charge in [0.1, 0.15) is 17.4 Å². The molecule has 1 atom stereocenters. The average Bonchev–Trinajstić information content (AvgIpc) is 2.92. The second-order valence-corrected chi connectivity index (χ2v) is 5.42. The lowest BCUT2D eigenvalue weighted by atomic mass is 10.1. The predicted molar refractivity (Wildman–Crippen MR) is 80.0 cm³/mol. The first-order chi connectivity index (χ1) is 10.7. The van der Waals surface area contributed by atoms with Crippen molar-refractivity contribution in [1.82, 2.24) is 9.78 Å². The third-order valence-electron chi connectivity index (χ3n) is 3.74. The smallest absolute Gasteiger partial charge is 0.143 e. The van der Waals surface area contributed by atoms with Crippen LogP contribution in [0.1, 0.15) is 11.1 Å². The second kappa shape index (κ2) is 6.16. The van der Waals surface area contributed by atoms with E-state index in [2.05, 4.69) is 5.10 Å². The first-order valence-electron chi connectivity index (χ1n) is 7.21. The van der Waals surface area contributed by atoms with Gasteiger partial charge in [-0.2, -0.15) is 10.4 Å². The molecule has 1 aromatic carbocycles. The first-order valence-corrected chi connectivity index (χ1v) is 7.21. The van der Waals surface area contributed by atoms with Gasteiger partial charge in [0.2, 0.25) is 0 Å². The molecule has 1 unspecified atom stereocenters. The molecule has 1 aromatic heterocycles. The lowest BCUT2D eigenvalue weighted by Gasteiger charge is -2.35. The zero-order valence-electron chi connectivity index (χ0n) is 12.4. The van der Waals surface area contributed by atoms with E-state index in [1.807, 2.05) is 28.8 Å². The summed E-state index contributed by atoms with van der Waals surface area (Å²) in [5.41, 5.74) is 1.83. The summed E-state index contributed by atoms with van der Waals surface area (Å²) in [6.07, 6.45) is 3.73. The number of nitrogens with zero attached hydrogens (tertiary/aromatic N) is 4. The molecular weight excluding hydrogens is 283 g/mol. The molecule has 1 fully saturated rings. The standard InChI is InChI=1S/C16H17FN4O/c1-12-8-19-21(9-12)11-13-10-20(5-6-22-13)16-4-2-3-15(17)14(16)7-18/h2-4,8-9,13H,5-6,10-11H2,1H3. The predicted octanol–water partition coefficient (Wildman–Crippen LogP) is 2.11. The van der Waals surface area contributed by atoms with Crippen molar-refractivity contribution in [1.29, 1.82) is 5.26 Å². The van der Waals surface area contributed by atoms with Gasteiger partial charge in [0.25, 0.3) is 0 Å². The van der Waals surface area contributed by atoms with Crippen LogP contribution in [0.2, 0.25) is 0 Å². The third kappa shape index (κ3) is 2.95. The molecule has 2 heterocycles. The number of nitriles is 1. The van der Waals surface area contributed by atoms with Gasteiger partial charge in [0, 0.05) is 19.3 Å². The highest BCUT2D eigenvalue weighted by Gasteiger charge is 2.24. The van der Waals surface area contributed by atoms with Gasteiger partial charge in [-0.05, 0) is 24.6 Å². The van der Waals surface area contributed by atoms with Gasteiger partial charge in [-0.25, -0.2) is 4.39 Å². The van der Waals surface area contributed by atoms with Crippen LogP contribution in [-0.4, -0.2) is 35.6 Å². The molecule has 0 spiro atoms. The summed E-state index contributed by atoms with van der Waals surface area (Å²) in [5.74, 6) is -0.481. The fraction of sp³-hybridized carbons (Fsp3) is 0.375. The van der Waals surface area contributed by atoms with Gasteiger partial charge in [-0.15, -0.1) is 0 Å².